The van der Waals surface area contributed by atoms with Gasteiger partial charge in [-0.2, -0.15) is 0 Å². The predicted octanol–water partition coefficient (Wildman–Crippen LogP) is 4.47. The molecule has 0 saturated heterocycles. The molecule has 2 aromatic carbocycles. The molecule has 27 heavy (non-hydrogen) atoms. The first kappa shape index (κ1) is 18.5. The van der Waals surface area contributed by atoms with Gasteiger partial charge in [0.1, 0.15) is 6.04 Å². The second-order valence-corrected chi connectivity index (χ2v) is 7.05. The molecule has 8 heteroatoms. The molecule has 3 rings (SSSR count). The summed E-state index contributed by atoms with van der Waals surface area (Å²) in [5.74, 6) is -0.283. The first-order valence-electron chi connectivity index (χ1n) is 8.27. The van der Waals surface area contributed by atoms with Crippen LogP contribution in [-0.4, -0.2) is 21.9 Å². The Labute approximate surface area is 160 Å². The van der Waals surface area contributed by atoms with Gasteiger partial charge < -0.3 is 10.6 Å². The molecule has 0 bridgehead atoms. The van der Waals surface area contributed by atoms with Gasteiger partial charge in [-0.05, 0) is 32.0 Å². The van der Waals surface area contributed by atoms with Crippen molar-refractivity contribution >= 4 is 34.3 Å². The Morgan fingerprint density at radius 3 is 2.56 bits per heavy atom. The number of nitrogens with one attached hydrogen (secondary N) is 2. The highest BCUT2D eigenvalue weighted by atomic mass is 32.1. The number of nitro benzene ring substituents is 1. The summed E-state index contributed by atoms with van der Waals surface area (Å²) in [6.07, 6.45) is 0. The fraction of sp³-hybridized carbons (Fsp3) is 0.158. The highest BCUT2D eigenvalue weighted by molar-refractivity contribution is 7.09. The van der Waals surface area contributed by atoms with Crippen molar-refractivity contribution in [3.05, 3.63) is 69.0 Å². The van der Waals surface area contributed by atoms with Crippen LogP contribution in [0.3, 0.4) is 0 Å². The molecule has 0 aliphatic heterocycles. The molecule has 7 nitrogen and oxygen atoms in total. The van der Waals surface area contributed by atoms with Gasteiger partial charge in [-0.3, -0.25) is 14.9 Å². The molecule has 1 amide bonds. The van der Waals surface area contributed by atoms with Crippen LogP contribution in [0, 0.1) is 17.0 Å². The minimum atomic E-state index is -0.517. The molecule has 1 atom stereocenters. The van der Waals surface area contributed by atoms with Crippen LogP contribution in [0.2, 0.25) is 0 Å². The van der Waals surface area contributed by atoms with Crippen LogP contribution in [0.1, 0.15) is 11.9 Å². The number of aromatic nitrogens is 1. The average Bonchev–Trinajstić information content (AvgIpc) is 3.09. The van der Waals surface area contributed by atoms with Gasteiger partial charge in [0.05, 0.1) is 15.6 Å². The van der Waals surface area contributed by atoms with Crippen LogP contribution in [0.15, 0.2) is 53.9 Å². The minimum Gasteiger partial charge on any atom is -0.374 e. The number of carbonyl (C=O) groups is 1. The summed E-state index contributed by atoms with van der Waals surface area (Å²) >= 11 is 1.60. The van der Waals surface area contributed by atoms with E-state index in [9.17, 15) is 14.9 Å². The van der Waals surface area contributed by atoms with Crippen molar-refractivity contribution in [2.45, 2.75) is 19.9 Å². The van der Waals surface area contributed by atoms with Crippen molar-refractivity contribution in [1.82, 2.24) is 4.98 Å². The standard InChI is InChI=1S/C19H18N4O3S/c1-12(19(24)22-16-4-3-5-17(10-16)23(25)26)20-15-8-6-14(7-9-15)18-11-27-13(2)21-18/h3-12,20H,1-2H3,(H,22,24). The third-order valence-electron chi connectivity index (χ3n) is 3.90. The van der Waals surface area contributed by atoms with Crippen LogP contribution in [-0.2, 0) is 4.79 Å². The summed E-state index contributed by atoms with van der Waals surface area (Å²) < 4.78 is 0. The average molecular weight is 382 g/mol. The summed E-state index contributed by atoms with van der Waals surface area (Å²) in [4.78, 5) is 27.1. The van der Waals surface area contributed by atoms with Gasteiger partial charge in [-0.1, -0.05) is 18.2 Å². The van der Waals surface area contributed by atoms with Crippen LogP contribution >= 0.6 is 11.3 Å². The molecular weight excluding hydrogens is 364 g/mol. The predicted molar refractivity (Wildman–Crippen MR) is 107 cm³/mol. The number of amides is 1. The fourth-order valence-corrected chi connectivity index (χ4v) is 3.12. The lowest BCUT2D eigenvalue weighted by Gasteiger charge is -2.15. The molecule has 0 aliphatic rings. The molecule has 0 radical (unpaired) electrons. The molecule has 0 aliphatic carbocycles. The highest BCUT2D eigenvalue weighted by Crippen LogP contribution is 2.23. The number of benzene rings is 2. The maximum Gasteiger partial charge on any atom is 0.271 e. The van der Waals surface area contributed by atoms with E-state index in [1.54, 1.807) is 24.3 Å². The zero-order chi connectivity index (χ0) is 19.4. The minimum absolute atomic E-state index is 0.0683. The van der Waals surface area contributed by atoms with E-state index in [4.69, 9.17) is 0 Å². The van der Waals surface area contributed by atoms with Crippen LogP contribution in [0.4, 0.5) is 17.1 Å². The SMILES string of the molecule is Cc1nc(-c2ccc(NC(C)C(=O)Nc3cccc([N+](=O)[O-])c3)cc2)cs1. The number of hydrogen-bond donors (Lipinski definition) is 2. The number of hydrogen-bond acceptors (Lipinski definition) is 6. The lowest BCUT2D eigenvalue weighted by molar-refractivity contribution is -0.384. The van der Waals surface area contributed by atoms with Crippen molar-refractivity contribution in [1.29, 1.82) is 0 Å². The van der Waals surface area contributed by atoms with E-state index in [0.29, 0.717) is 5.69 Å². The van der Waals surface area contributed by atoms with E-state index in [0.717, 1.165) is 22.0 Å². The van der Waals surface area contributed by atoms with Crippen LogP contribution < -0.4 is 10.6 Å². The number of aryl methyl sites for hydroxylation is 1. The molecule has 0 saturated carbocycles. The van der Waals surface area contributed by atoms with Crippen molar-refractivity contribution < 1.29 is 9.72 Å². The Balaban J connectivity index is 1.62. The summed E-state index contributed by atoms with van der Waals surface area (Å²) in [5, 5.41) is 19.6. The van der Waals surface area contributed by atoms with Gasteiger partial charge in [0, 0.05) is 34.5 Å². The Hall–Kier alpha value is -3.26. The molecule has 0 fully saturated rings. The lowest BCUT2D eigenvalue weighted by Crippen LogP contribution is -2.31. The quantitative estimate of drug-likeness (QED) is 0.484. The van der Waals surface area contributed by atoms with Gasteiger partial charge in [0.15, 0.2) is 0 Å². The molecule has 2 N–H and O–H groups in total. The van der Waals surface area contributed by atoms with Crippen molar-refractivity contribution in [3.63, 3.8) is 0 Å². The molecule has 138 valence electrons. The maximum atomic E-state index is 12.3. The molecule has 1 heterocycles. The second kappa shape index (κ2) is 7.96. The molecular formula is C19H18N4O3S. The monoisotopic (exact) mass is 382 g/mol. The van der Waals surface area contributed by atoms with Crippen molar-refractivity contribution in [3.8, 4) is 11.3 Å². The number of rotatable bonds is 6. The zero-order valence-corrected chi connectivity index (χ0v) is 15.6. The highest BCUT2D eigenvalue weighted by Gasteiger charge is 2.14. The van der Waals surface area contributed by atoms with Gasteiger partial charge in [-0.25, -0.2) is 4.98 Å². The first-order chi connectivity index (χ1) is 12.9. The topological polar surface area (TPSA) is 97.2 Å². The third kappa shape index (κ3) is 4.68. The molecule has 1 aromatic heterocycles. The Morgan fingerprint density at radius 1 is 1.19 bits per heavy atom. The largest absolute Gasteiger partial charge is 0.374 e. The van der Waals surface area contributed by atoms with E-state index in [-0.39, 0.29) is 11.6 Å². The van der Waals surface area contributed by atoms with E-state index in [1.165, 1.54) is 18.2 Å². The number of non-ortho nitro benzene ring substituents is 1. The van der Waals surface area contributed by atoms with Gasteiger partial charge in [0.25, 0.3) is 5.69 Å². The maximum absolute atomic E-state index is 12.3. The summed E-state index contributed by atoms with van der Waals surface area (Å²) in [6, 6.07) is 13.0. The van der Waals surface area contributed by atoms with Crippen molar-refractivity contribution in [2.24, 2.45) is 0 Å². The Bertz CT molecular complexity index is 969. The molecule has 0 spiro atoms. The summed E-state index contributed by atoms with van der Waals surface area (Å²) in [7, 11) is 0. The van der Waals surface area contributed by atoms with Crippen LogP contribution in [0.25, 0.3) is 11.3 Å². The van der Waals surface area contributed by atoms with E-state index >= 15 is 0 Å². The molecule has 3 aromatic rings. The Morgan fingerprint density at radius 2 is 1.93 bits per heavy atom. The van der Waals surface area contributed by atoms with E-state index in [2.05, 4.69) is 15.6 Å². The van der Waals surface area contributed by atoms with Crippen molar-refractivity contribution in [2.75, 3.05) is 10.6 Å². The van der Waals surface area contributed by atoms with Gasteiger partial charge in [-0.15, -0.1) is 11.3 Å². The first-order valence-corrected chi connectivity index (χ1v) is 9.15. The number of nitrogens with zero attached hydrogens (tertiary/aromatic N) is 2. The van der Waals surface area contributed by atoms with Gasteiger partial charge in [0.2, 0.25) is 5.91 Å². The fourth-order valence-electron chi connectivity index (χ4n) is 2.50. The lowest BCUT2D eigenvalue weighted by atomic mass is 10.1. The smallest absolute Gasteiger partial charge is 0.271 e. The van der Waals surface area contributed by atoms with E-state index in [1.807, 2.05) is 36.6 Å². The number of thiazole rings is 1. The number of anilines is 2. The zero-order valence-electron chi connectivity index (χ0n) is 14.8. The number of carbonyl (C=O) groups excluding carboxylic acids is 1. The molecule has 1 unspecified atom stereocenters. The summed E-state index contributed by atoms with van der Waals surface area (Å²) in [6.45, 7) is 3.69. The normalized spacial score (nSPS) is 11.6. The summed E-state index contributed by atoms with van der Waals surface area (Å²) in [5.41, 5.74) is 3.06. The second-order valence-electron chi connectivity index (χ2n) is 5.99. The van der Waals surface area contributed by atoms with Crippen LogP contribution in [0.5, 0.6) is 0 Å². The van der Waals surface area contributed by atoms with E-state index < -0.39 is 11.0 Å². The number of nitro groups is 1. The Kier molecular flexibility index (Phi) is 5.46. The van der Waals surface area contributed by atoms with Gasteiger partial charge >= 0.3 is 0 Å². The third-order valence-corrected chi connectivity index (χ3v) is 4.67.